The molecule has 7 heteroatoms. The molecule has 0 saturated carbocycles. The van der Waals surface area contributed by atoms with E-state index in [0.29, 0.717) is 30.9 Å². The topological polar surface area (TPSA) is 75.9 Å². The molecule has 1 aliphatic heterocycles. The predicted molar refractivity (Wildman–Crippen MR) is 109 cm³/mol. The molecule has 29 heavy (non-hydrogen) atoms. The number of likely N-dealkylation sites (tertiary alicyclic amines) is 1. The number of rotatable bonds is 7. The van der Waals surface area contributed by atoms with Crippen LogP contribution < -0.4 is 10.1 Å². The van der Waals surface area contributed by atoms with Crippen LogP contribution in [0.1, 0.15) is 35.3 Å². The van der Waals surface area contributed by atoms with Crippen molar-refractivity contribution in [3.05, 3.63) is 66.1 Å². The maximum Gasteiger partial charge on any atom is 0.251 e. The van der Waals surface area contributed by atoms with Gasteiger partial charge in [0.1, 0.15) is 18.0 Å². The van der Waals surface area contributed by atoms with E-state index in [2.05, 4.69) is 10.3 Å². The number of hydrogen-bond acceptors (Lipinski definition) is 4. The first-order valence-corrected chi connectivity index (χ1v) is 9.90. The minimum absolute atomic E-state index is 0.104. The average Bonchev–Trinajstić information content (AvgIpc) is 3.42. The summed E-state index contributed by atoms with van der Waals surface area (Å²) in [5.41, 5.74) is 2.18. The minimum atomic E-state index is -0.211. The minimum Gasteiger partial charge on any atom is -0.487 e. The molecule has 0 atom stereocenters. The predicted octanol–water partition coefficient (Wildman–Crippen LogP) is 2.66. The Labute approximate surface area is 169 Å². The summed E-state index contributed by atoms with van der Waals surface area (Å²) < 4.78 is 7.74. The summed E-state index contributed by atoms with van der Waals surface area (Å²) in [6.07, 6.45) is 6.32. The van der Waals surface area contributed by atoms with E-state index in [1.165, 1.54) is 0 Å². The zero-order valence-electron chi connectivity index (χ0n) is 16.2. The number of aromatic nitrogens is 2. The molecule has 150 valence electrons. The number of fused-ring (bicyclic) bond motifs is 1. The number of hydrogen-bond donors (Lipinski definition) is 1. The Balaban J connectivity index is 1.29. The molecule has 3 heterocycles. The van der Waals surface area contributed by atoms with Crippen molar-refractivity contribution >= 4 is 17.5 Å². The van der Waals surface area contributed by atoms with E-state index in [-0.39, 0.29) is 11.8 Å². The summed E-state index contributed by atoms with van der Waals surface area (Å²) in [6, 6.07) is 12.8. The highest BCUT2D eigenvalue weighted by Crippen LogP contribution is 2.16. The lowest BCUT2D eigenvalue weighted by atomic mass is 10.2. The molecule has 0 aliphatic carbocycles. The van der Waals surface area contributed by atoms with E-state index in [9.17, 15) is 9.59 Å². The van der Waals surface area contributed by atoms with Crippen molar-refractivity contribution in [2.45, 2.75) is 25.9 Å². The van der Waals surface area contributed by atoms with Gasteiger partial charge < -0.3 is 19.4 Å². The molecular weight excluding hydrogens is 368 g/mol. The van der Waals surface area contributed by atoms with Crippen molar-refractivity contribution in [1.29, 1.82) is 0 Å². The summed E-state index contributed by atoms with van der Waals surface area (Å²) in [6.45, 7) is 2.31. The molecule has 2 amide bonds. The number of carbonyl (C=O) groups excluding carboxylic acids is 2. The third kappa shape index (κ3) is 4.74. The lowest BCUT2D eigenvalue weighted by Crippen LogP contribution is -2.32. The van der Waals surface area contributed by atoms with Crippen LogP contribution in [0.3, 0.4) is 0 Å². The van der Waals surface area contributed by atoms with Gasteiger partial charge in [0.25, 0.3) is 5.91 Å². The number of carbonyl (C=O) groups is 2. The van der Waals surface area contributed by atoms with Crippen molar-refractivity contribution in [3.63, 3.8) is 0 Å². The molecule has 2 aromatic heterocycles. The second-order valence-electron chi connectivity index (χ2n) is 7.11. The average molecular weight is 392 g/mol. The Kier molecular flexibility index (Phi) is 5.74. The Bertz CT molecular complexity index is 975. The van der Waals surface area contributed by atoms with Gasteiger partial charge in [-0.2, -0.15) is 0 Å². The third-order valence-electron chi connectivity index (χ3n) is 4.98. The molecule has 1 aromatic carbocycles. The quantitative estimate of drug-likeness (QED) is 0.671. The van der Waals surface area contributed by atoms with Gasteiger partial charge in [-0.25, -0.2) is 4.98 Å². The summed E-state index contributed by atoms with van der Waals surface area (Å²) in [5, 5.41) is 2.81. The zero-order chi connectivity index (χ0) is 20.1. The monoisotopic (exact) mass is 392 g/mol. The van der Waals surface area contributed by atoms with E-state index in [1.807, 2.05) is 46.0 Å². The Morgan fingerprint density at radius 2 is 1.97 bits per heavy atom. The summed E-state index contributed by atoms with van der Waals surface area (Å²) in [4.78, 5) is 30.8. The molecule has 1 fully saturated rings. The SMILES string of the molecule is O=C(NCCC(=O)N1CCCC1)c1cccc(OCc2cn3ccccc3n2)c1. The fraction of sp³-hybridized carbons (Fsp3) is 0.318. The van der Waals surface area contributed by atoms with Gasteiger partial charge in [0.15, 0.2) is 0 Å². The van der Waals surface area contributed by atoms with Crippen molar-refractivity contribution in [2.24, 2.45) is 0 Å². The number of pyridine rings is 1. The second kappa shape index (κ2) is 8.77. The van der Waals surface area contributed by atoms with Gasteiger partial charge in [0, 0.05) is 44.0 Å². The van der Waals surface area contributed by atoms with E-state index >= 15 is 0 Å². The fourth-order valence-electron chi connectivity index (χ4n) is 3.45. The standard InChI is InChI=1S/C22H24N4O3/c27-21(25-11-3-4-12-25)9-10-23-22(28)17-6-5-7-19(14-17)29-16-18-15-26-13-2-1-8-20(26)24-18/h1-2,5-8,13-15H,3-4,9-12,16H2,(H,23,28). The molecule has 0 spiro atoms. The van der Waals surface area contributed by atoms with E-state index in [4.69, 9.17) is 4.74 Å². The van der Waals surface area contributed by atoms with Crippen LogP contribution in [0.4, 0.5) is 0 Å². The lowest BCUT2D eigenvalue weighted by Gasteiger charge is -2.15. The van der Waals surface area contributed by atoms with Gasteiger partial charge in [-0.1, -0.05) is 12.1 Å². The van der Waals surface area contributed by atoms with E-state index in [0.717, 1.165) is 37.3 Å². The number of benzene rings is 1. The number of imidazole rings is 1. The first-order valence-electron chi connectivity index (χ1n) is 9.90. The molecule has 0 bridgehead atoms. The van der Waals surface area contributed by atoms with Crippen LogP contribution in [0, 0.1) is 0 Å². The molecule has 7 nitrogen and oxygen atoms in total. The van der Waals surface area contributed by atoms with Crippen LogP contribution >= 0.6 is 0 Å². The van der Waals surface area contributed by atoms with Crippen molar-refractivity contribution < 1.29 is 14.3 Å². The molecule has 1 N–H and O–H groups in total. The van der Waals surface area contributed by atoms with Gasteiger partial charge in [0.05, 0.1) is 5.69 Å². The molecule has 1 saturated heterocycles. The first-order chi connectivity index (χ1) is 14.2. The fourth-order valence-corrected chi connectivity index (χ4v) is 3.45. The smallest absolute Gasteiger partial charge is 0.251 e. The van der Waals surface area contributed by atoms with Gasteiger partial charge in [-0.15, -0.1) is 0 Å². The molecule has 1 aliphatic rings. The van der Waals surface area contributed by atoms with Gasteiger partial charge in [-0.05, 0) is 43.2 Å². The Hall–Kier alpha value is -3.35. The van der Waals surface area contributed by atoms with Crippen molar-refractivity contribution in [1.82, 2.24) is 19.6 Å². The largest absolute Gasteiger partial charge is 0.487 e. The summed E-state index contributed by atoms with van der Waals surface area (Å²) >= 11 is 0. The van der Waals surface area contributed by atoms with E-state index < -0.39 is 0 Å². The number of nitrogens with zero attached hydrogens (tertiary/aromatic N) is 3. The third-order valence-corrected chi connectivity index (χ3v) is 4.98. The summed E-state index contributed by atoms with van der Waals surface area (Å²) in [5.74, 6) is 0.493. The molecule has 0 radical (unpaired) electrons. The highest BCUT2D eigenvalue weighted by atomic mass is 16.5. The van der Waals surface area contributed by atoms with Crippen LogP contribution in [-0.4, -0.2) is 45.7 Å². The van der Waals surface area contributed by atoms with Crippen LogP contribution in [-0.2, 0) is 11.4 Å². The van der Waals surface area contributed by atoms with Crippen LogP contribution in [0.25, 0.3) is 5.65 Å². The number of amides is 2. The molecule has 3 aromatic rings. The highest BCUT2D eigenvalue weighted by molar-refractivity contribution is 5.94. The summed E-state index contributed by atoms with van der Waals surface area (Å²) in [7, 11) is 0. The van der Waals surface area contributed by atoms with Crippen LogP contribution in [0.2, 0.25) is 0 Å². The van der Waals surface area contributed by atoms with Crippen molar-refractivity contribution in [2.75, 3.05) is 19.6 Å². The molecule has 0 unspecified atom stereocenters. The lowest BCUT2D eigenvalue weighted by molar-refractivity contribution is -0.129. The Morgan fingerprint density at radius 1 is 1.10 bits per heavy atom. The maximum absolute atomic E-state index is 12.4. The second-order valence-corrected chi connectivity index (χ2v) is 7.11. The normalized spacial score (nSPS) is 13.6. The molecule has 4 rings (SSSR count). The van der Waals surface area contributed by atoms with Gasteiger partial charge in [0.2, 0.25) is 5.91 Å². The van der Waals surface area contributed by atoms with E-state index in [1.54, 1.807) is 18.2 Å². The van der Waals surface area contributed by atoms with Gasteiger partial charge in [-0.3, -0.25) is 9.59 Å². The maximum atomic E-state index is 12.4. The number of nitrogens with one attached hydrogen (secondary N) is 1. The van der Waals surface area contributed by atoms with Gasteiger partial charge >= 0.3 is 0 Å². The zero-order valence-corrected chi connectivity index (χ0v) is 16.2. The highest BCUT2D eigenvalue weighted by Gasteiger charge is 2.17. The number of ether oxygens (including phenoxy) is 1. The first kappa shape index (κ1) is 19.0. The molecular formula is C22H24N4O3. The van der Waals surface area contributed by atoms with Crippen molar-refractivity contribution in [3.8, 4) is 5.75 Å². The van der Waals surface area contributed by atoms with Crippen LogP contribution in [0.5, 0.6) is 5.75 Å². The Morgan fingerprint density at radius 3 is 2.79 bits per heavy atom. The van der Waals surface area contributed by atoms with Crippen LogP contribution in [0.15, 0.2) is 54.9 Å².